The van der Waals surface area contributed by atoms with Gasteiger partial charge in [0.15, 0.2) is 0 Å². The second-order valence-electron chi connectivity index (χ2n) is 3.41. The second kappa shape index (κ2) is 3.13. The van der Waals surface area contributed by atoms with E-state index in [1.54, 1.807) is 25.5 Å². The van der Waals surface area contributed by atoms with Crippen LogP contribution in [0.15, 0.2) is 44.2 Å². The minimum Gasteiger partial charge on any atom is -0.496 e. The monoisotopic (exact) mass is 216 g/mol. The van der Waals surface area contributed by atoms with Crippen LogP contribution in [-0.4, -0.2) is 7.11 Å². The van der Waals surface area contributed by atoms with Crippen LogP contribution in [0, 0.1) is 0 Å². The number of methoxy groups -OCH3 is 1. The van der Waals surface area contributed by atoms with Gasteiger partial charge in [-0.25, -0.2) is 4.79 Å². The molecule has 2 heterocycles. The normalized spacial score (nSPS) is 11.1. The lowest BCUT2D eigenvalue weighted by Crippen LogP contribution is -1.95. The fourth-order valence-corrected chi connectivity index (χ4v) is 1.80. The summed E-state index contributed by atoms with van der Waals surface area (Å²) < 4.78 is 15.7. The van der Waals surface area contributed by atoms with Crippen molar-refractivity contribution in [3.8, 4) is 5.75 Å². The smallest absolute Gasteiger partial charge is 0.336 e. The third-order valence-electron chi connectivity index (χ3n) is 2.52. The molecule has 0 saturated heterocycles. The first-order valence-electron chi connectivity index (χ1n) is 4.77. The highest BCUT2D eigenvalue weighted by molar-refractivity contribution is 6.05. The van der Waals surface area contributed by atoms with E-state index in [9.17, 15) is 4.79 Å². The first kappa shape index (κ1) is 9.03. The SMILES string of the molecule is COc1cc2oc(=O)ccc2c2occc12. The number of hydrogen-bond donors (Lipinski definition) is 0. The predicted octanol–water partition coefficient (Wildman–Crippen LogP) is 2.55. The molecule has 2 aromatic heterocycles. The molecule has 3 aromatic rings. The quantitative estimate of drug-likeness (QED) is 0.586. The van der Waals surface area contributed by atoms with Crippen LogP contribution in [0.1, 0.15) is 0 Å². The van der Waals surface area contributed by atoms with Gasteiger partial charge >= 0.3 is 5.63 Å². The van der Waals surface area contributed by atoms with E-state index in [0.717, 1.165) is 10.8 Å². The van der Waals surface area contributed by atoms with Crippen LogP contribution in [0.2, 0.25) is 0 Å². The van der Waals surface area contributed by atoms with Gasteiger partial charge < -0.3 is 13.6 Å². The topological polar surface area (TPSA) is 52.6 Å². The van der Waals surface area contributed by atoms with Crippen LogP contribution in [0.4, 0.5) is 0 Å². The summed E-state index contributed by atoms with van der Waals surface area (Å²) >= 11 is 0. The van der Waals surface area contributed by atoms with Crippen molar-refractivity contribution in [1.29, 1.82) is 0 Å². The van der Waals surface area contributed by atoms with Gasteiger partial charge in [0.05, 0.1) is 24.1 Å². The number of hydrogen-bond acceptors (Lipinski definition) is 4. The van der Waals surface area contributed by atoms with Gasteiger partial charge in [-0.3, -0.25) is 0 Å². The van der Waals surface area contributed by atoms with Crippen LogP contribution in [-0.2, 0) is 0 Å². The van der Waals surface area contributed by atoms with Crippen molar-refractivity contribution in [1.82, 2.24) is 0 Å². The van der Waals surface area contributed by atoms with Gasteiger partial charge in [-0.05, 0) is 12.1 Å². The number of rotatable bonds is 1. The highest BCUT2D eigenvalue weighted by atomic mass is 16.5. The van der Waals surface area contributed by atoms with E-state index in [-0.39, 0.29) is 5.63 Å². The maximum absolute atomic E-state index is 11.1. The van der Waals surface area contributed by atoms with Crippen molar-refractivity contribution >= 4 is 21.9 Å². The predicted molar refractivity (Wildman–Crippen MR) is 58.8 cm³/mol. The maximum Gasteiger partial charge on any atom is 0.336 e. The zero-order valence-corrected chi connectivity index (χ0v) is 8.52. The number of fused-ring (bicyclic) bond motifs is 3. The highest BCUT2D eigenvalue weighted by Gasteiger charge is 2.11. The van der Waals surface area contributed by atoms with Crippen LogP contribution in [0.5, 0.6) is 5.75 Å². The summed E-state index contributed by atoms with van der Waals surface area (Å²) in [6, 6.07) is 6.57. The molecule has 4 nitrogen and oxygen atoms in total. The summed E-state index contributed by atoms with van der Waals surface area (Å²) in [4.78, 5) is 11.1. The molecule has 0 aliphatic rings. The molecule has 0 unspecified atom stereocenters. The molecule has 0 radical (unpaired) electrons. The molecular weight excluding hydrogens is 208 g/mol. The largest absolute Gasteiger partial charge is 0.496 e. The van der Waals surface area contributed by atoms with Gasteiger partial charge in [0.1, 0.15) is 16.9 Å². The summed E-state index contributed by atoms with van der Waals surface area (Å²) in [7, 11) is 1.56. The fourth-order valence-electron chi connectivity index (χ4n) is 1.80. The molecule has 0 spiro atoms. The van der Waals surface area contributed by atoms with Crippen molar-refractivity contribution in [3.63, 3.8) is 0 Å². The third kappa shape index (κ3) is 1.13. The van der Waals surface area contributed by atoms with Gasteiger partial charge in [-0.15, -0.1) is 0 Å². The van der Waals surface area contributed by atoms with Gasteiger partial charge in [-0.1, -0.05) is 0 Å². The molecule has 0 bridgehead atoms. The standard InChI is InChI=1S/C12H8O4/c1-14-9-6-10-7(2-3-11(13)16-10)12-8(9)4-5-15-12/h2-6H,1H3. The third-order valence-corrected chi connectivity index (χ3v) is 2.52. The Morgan fingerprint density at radius 3 is 2.88 bits per heavy atom. The van der Waals surface area contributed by atoms with Crippen molar-refractivity contribution in [2.24, 2.45) is 0 Å². The molecule has 0 atom stereocenters. The Balaban J connectivity index is 2.58. The van der Waals surface area contributed by atoms with Crippen molar-refractivity contribution in [3.05, 3.63) is 40.9 Å². The van der Waals surface area contributed by atoms with E-state index in [0.29, 0.717) is 16.9 Å². The maximum atomic E-state index is 11.1. The second-order valence-corrected chi connectivity index (χ2v) is 3.41. The molecule has 16 heavy (non-hydrogen) atoms. The van der Waals surface area contributed by atoms with Crippen LogP contribution < -0.4 is 10.4 Å². The van der Waals surface area contributed by atoms with Gasteiger partial charge in [-0.2, -0.15) is 0 Å². The molecule has 0 aliphatic heterocycles. The molecule has 0 aliphatic carbocycles. The van der Waals surface area contributed by atoms with E-state index in [4.69, 9.17) is 13.6 Å². The average Bonchev–Trinajstić information content (AvgIpc) is 2.76. The average molecular weight is 216 g/mol. The van der Waals surface area contributed by atoms with Gasteiger partial charge in [0.2, 0.25) is 0 Å². The molecule has 1 aromatic carbocycles. The van der Waals surface area contributed by atoms with E-state index < -0.39 is 0 Å². The Kier molecular flexibility index (Phi) is 1.77. The Labute approximate surface area is 90.0 Å². The van der Waals surface area contributed by atoms with E-state index >= 15 is 0 Å². The zero-order valence-electron chi connectivity index (χ0n) is 8.52. The molecular formula is C12H8O4. The minimum atomic E-state index is -0.388. The molecule has 0 fully saturated rings. The number of benzene rings is 1. The fraction of sp³-hybridized carbons (Fsp3) is 0.0833. The Morgan fingerprint density at radius 1 is 1.19 bits per heavy atom. The van der Waals surface area contributed by atoms with Gasteiger partial charge in [0.25, 0.3) is 0 Å². The lowest BCUT2D eigenvalue weighted by Gasteiger charge is -2.03. The highest BCUT2D eigenvalue weighted by Crippen LogP contribution is 2.33. The molecule has 0 N–H and O–H groups in total. The van der Waals surface area contributed by atoms with Crippen molar-refractivity contribution in [2.45, 2.75) is 0 Å². The lowest BCUT2D eigenvalue weighted by molar-refractivity contribution is 0.419. The molecule has 0 amide bonds. The summed E-state index contributed by atoms with van der Waals surface area (Å²) in [5.74, 6) is 0.630. The van der Waals surface area contributed by atoms with E-state index in [2.05, 4.69) is 0 Å². The first-order chi connectivity index (χ1) is 7.79. The van der Waals surface area contributed by atoms with Crippen LogP contribution in [0.3, 0.4) is 0 Å². The number of ether oxygens (including phenoxy) is 1. The zero-order chi connectivity index (χ0) is 11.1. The Bertz CT molecular complexity index is 721. The molecule has 4 heteroatoms. The summed E-state index contributed by atoms with van der Waals surface area (Å²) in [6.45, 7) is 0. The van der Waals surface area contributed by atoms with Crippen molar-refractivity contribution in [2.75, 3.05) is 7.11 Å². The minimum absolute atomic E-state index is 0.388. The van der Waals surface area contributed by atoms with Crippen molar-refractivity contribution < 1.29 is 13.6 Å². The first-order valence-corrected chi connectivity index (χ1v) is 4.77. The Morgan fingerprint density at radius 2 is 2.06 bits per heavy atom. The van der Waals surface area contributed by atoms with Crippen LogP contribution in [0.25, 0.3) is 21.9 Å². The number of furan rings is 1. The van der Waals surface area contributed by atoms with Crippen LogP contribution >= 0.6 is 0 Å². The van der Waals surface area contributed by atoms with E-state index in [1.807, 2.05) is 6.07 Å². The van der Waals surface area contributed by atoms with E-state index in [1.165, 1.54) is 6.07 Å². The molecule has 0 saturated carbocycles. The Hall–Kier alpha value is -2.23. The summed E-state index contributed by atoms with van der Waals surface area (Å²) in [6.07, 6.45) is 1.58. The summed E-state index contributed by atoms with van der Waals surface area (Å²) in [5, 5.41) is 1.63. The summed E-state index contributed by atoms with van der Waals surface area (Å²) in [5.41, 5.74) is 0.741. The van der Waals surface area contributed by atoms with Gasteiger partial charge in [0, 0.05) is 12.1 Å². The molecule has 3 rings (SSSR count). The lowest BCUT2D eigenvalue weighted by atomic mass is 10.1. The molecule has 80 valence electrons.